The van der Waals surface area contributed by atoms with Crippen LogP contribution in [0.5, 0.6) is 5.75 Å². The molecule has 1 saturated heterocycles. The molecule has 170 valence electrons. The number of methoxy groups -OCH3 is 1. The maximum Gasteiger partial charge on any atom is 0.243 e. The van der Waals surface area contributed by atoms with Crippen molar-refractivity contribution in [2.45, 2.75) is 44.6 Å². The van der Waals surface area contributed by atoms with Gasteiger partial charge in [0.25, 0.3) is 0 Å². The minimum Gasteiger partial charge on any atom is -0.497 e. The predicted octanol–water partition coefficient (Wildman–Crippen LogP) is 3.00. The summed E-state index contributed by atoms with van der Waals surface area (Å²) in [6, 6.07) is 8.19. The summed E-state index contributed by atoms with van der Waals surface area (Å²) in [6.07, 6.45) is 4.56. The number of rotatable bonds is 9. The molecule has 0 bridgehead atoms. The predicted molar refractivity (Wildman–Crippen MR) is 132 cm³/mol. The molecule has 2 atom stereocenters. The van der Waals surface area contributed by atoms with Crippen molar-refractivity contribution in [3.05, 3.63) is 29.8 Å². The lowest BCUT2D eigenvalue weighted by Gasteiger charge is -2.24. The van der Waals surface area contributed by atoms with E-state index in [4.69, 9.17) is 9.47 Å². The summed E-state index contributed by atoms with van der Waals surface area (Å²) >= 11 is 0. The lowest BCUT2D eigenvalue weighted by molar-refractivity contribution is -0.127. The summed E-state index contributed by atoms with van der Waals surface area (Å²) in [5.41, 5.74) is 1.28. The Morgan fingerprint density at radius 2 is 2.00 bits per heavy atom. The Morgan fingerprint density at radius 1 is 1.27 bits per heavy atom. The first-order valence-corrected chi connectivity index (χ1v) is 10.5. The van der Waals surface area contributed by atoms with Gasteiger partial charge in [-0.15, -0.1) is 24.0 Å². The first-order valence-electron chi connectivity index (χ1n) is 10.5. The molecule has 1 aromatic carbocycles. The zero-order valence-corrected chi connectivity index (χ0v) is 21.0. The van der Waals surface area contributed by atoms with E-state index in [1.807, 2.05) is 12.1 Å². The van der Waals surface area contributed by atoms with Gasteiger partial charge in [0.2, 0.25) is 5.91 Å². The lowest BCUT2D eigenvalue weighted by Crippen LogP contribution is -2.43. The highest BCUT2D eigenvalue weighted by Crippen LogP contribution is 2.21. The van der Waals surface area contributed by atoms with Crippen LogP contribution in [0, 0.1) is 0 Å². The van der Waals surface area contributed by atoms with Gasteiger partial charge in [0.1, 0.15) is 12.3 Å². The summed E-state index contributed by atoms with van der Waals surface area (Å²) in [6.45, 7) is 4.63. The van der Waals surface area contributed by atoms with E-state index in [1.54, 1.807) is 26.1 Å². The third kappa shape index (κ3) is 9.51. The number of aliphatic imine (C=N–C) groups is 1. The largest absolute Gasteiger partial charge is 0.497 e. The minimum absolute atomic E-state index is 0. The van der Waals surface area contributed by atoms with Gasteiger partial charge in [-0.3, -0.25) is 4.79 Å². The summed E-state index contributed by atoms with van der Waals surface area (Å²) < 4.78 is 11.0. The summed E-state index contributed by atoms with van der Waals surface area (Å²) in [4.78, 5) is 17.9. The van der Waals surface area contributed by atoms with Crippen LogP contribution in [0.25, 0.3) is 0 Å². The van der Waals surface area contributed by atoms with Crippen molar-refractivity contribution in [3.63, 3.8) is 0 Å². The van der Waals surface area contributed by atoms with Gasteiger partial charge in [-0.2, -0.15) is 0 Å². The highest BCUT2D eigenvalue weighted by molar-refractivity contribution is 14.0. The second kappa shape index (κ2) is 14.5. The van der Waals surface area contributed by atoms with Crippen LogP contribution in [0.4, 0.5) is 0 Å². The van der Waals surface area contributed by atoms with Gasteiger partial charge in [-0.05, 0) is 49.3 Å². The number of likely N-dealkylation sites (N-methyl/N-ethyl adjacent to an activating group) is 1. The molecule has 0 radical (unpaired) electrons. The zero-order valence-electron chi connectivity index (χ0n) is 18.6. The lowest BCUT2D eigenvalue weighted by atomic mass is 9.98. The first kappa shape index (κ1) is 26.5. The topological polar surface area (TPSA) is 75.2 Å². The van der Waals surface area contributed by atoms with Crippen molar-refractivity contribution in [1.29, 1.82) is 0 Å². The van der Waals surface area contributed by atoms with E-state index < -0.39 is 0 Å². The molecule has 2 rings (SSSR count). The molecule has 30 heavy (non-hydrogen) atoms. The monoisotopic (exact) mass is 532 g/mol. The van der Waals surface area contributed by atoms with Crippen LogP contribution in [0.3, 0.4) is 0 Å². The number of carbonyl (C=O) groups is 1. The molecular formula is C22H37IN4O3. The third-order valence-electron chi connectivity index (χ3n) is 5.20. The second-order valence-corrected chi connectivity index (χ2v) is 7.71. The van der Waals surface area contributed by atoms with Crippen LogP contribution >= 0.6 is 24.0 Å². The summed E-state index contributed by atoms with van der Waals surface area (Å²) in [7, 11) is 5.16. The van der Waals surface area contributed by atoms with Crippen molar-refractivity contribution in [1.82, 2.24) is 15.5 Å². The zero-order chi connectivity index (χ0) is 21.1. The maximum absolute atomic E-state index is 11.9. The fourth-order valence-electron chi connectivity index (χ4n) is 3.15. The number of nitrogens with one attached hydrogen (secondary N) is 2. The van der Waals surface area contributed by atoms with Crippen LogP contribution in [0.15, 0.2) is 29.3 Å². The highest BCUT2D eigenvalue weighted by Gasteiger charge is 2.14. The van der Waals surface area contributed by atoms with Crippen LogP contribution in [0.1, 0.15) is 44.1 Å². The van der Waals surface area contributed by atoms with E-state index >= 15 is 0 Å². The molecule has 8 heteroatoms. The quantitative estimate of drug-likeness (QED) is 0.291. The van der Waals surface area contributed by atoms with Gasteiger partial charge >= 0.3 is 0 Å². The first-order chi connectivity index (χ1) is 14.0. The van der Waals surface area contributed by atoms with Gasteiger partial charge in [-0.25, -0.2) is 4.99 Å². The molecule has 1 aromatic rings. The standard InChI is InChI=1S/C22H36N4O3.HI/c1-17(18-8-10-19(28-4)11-9-18)12-13-23-22(25-16-21(27)26(2)3)24-15-20-7-5-6-14-29-20;/h8-11,17,20H,5-7,12-16H2,1-4H3,(H2,23,24,25);1H. The van der Waals surface area contributed by atoms with E-state index in [2.05, 4.69) is 34.7 Å². The Kier molecular flexibility index (Phi) is 12.8. The van der Waals surface area contributed by atoms with Gasteiger partial charge < -0.3 is 25.0 Å². The number of benzene rings is 1. The van der Waals surface area contributed by atoms with Crippen LogP contribution in [0.2, 0.25) is 0 Å². The number of ether oxygens (including phenoxy) is 2. The van der Waals surface area contributed by atoms with Gasteiger partial charge in [-0.1, -0.05) is 19.1 Å². The van der Waals surface area contributed by atoms with Crippen molar-refractivity contribution in [3.8, 4) is 5.75 Å². The molecule has 7 nitrogen and oxygen atoms in total. The number of hydrogen-bond acceptors (Lipinski definition) is 4. The molecule has 1 heterocycles. The van der Waals surface area contributed by atoms with Crippen LogP contribution in [-0.4, -0.2) is 70.3 Å². The van der Waals surface area contributed by atoms with Crippen molar-refractivity contribution in [2.75, 3.05) is 47.4 Å². The third-order valence-corrected chi connectivity index (χ3v) is 5.20. The molecule has 2 unspecified atom stereocenters. The maximum atomic E-state index is 11.9. The average molecular weight is 532 g/mol. The number of amides is 1. The summed E-state index contributed by atoms with van der Waals surface area (Å²) in [5.74, 6) is 1.91. The van der Waals surface area contributed by atoms with Crippen molar-refractivity contribution >= 4 is 35.8 Å². The van der Waals surface area contributed by atoms with Gasteiger partial charge in [0, 0.05) is 33.8 Å². The van der Waals surface area contributed by atoms with E-state index in [0.29, 0.717) is 18.4 Å². The SMILES string of the molecule is COc1ccc(C(C)CCNC(=NCC(=O)N(C)C)NCC2CCCCO2)cc1.I. The molecule has 2 N–H and O–H groups in total. The van der Waals surface area contributed by atoms with Crippen molar-refractivity contribution < 1.29 is 14.3 Å². The van der Waals surface area contributed by atoms with Crippen LogP contribution < -0.4 is 15.4 Å². The molecule has 0 aromatic heterocycles. The van der Waals surface area contributed by atoms with E-state index in [1.165, 1.54) is 12.0 Å². The number of halogens is 1. The highest BCUT2D eigenvalue weighted by atomic mass is 127. The molecule has 0 saturated carbocycles. The molecule has 1 aliphatic heterocycles. The molecule has 1 aliphatic rings. The Labute approximate surface area is 198 Å². The number of carbonyl (C=O) groups excluding carboxylic acids is 1. The Morgan fingerprint density at radius 3 is 2.60 bits per heavy atom. The molecule has 1 fully saturated rings. The molecule has 1 amide bonds. The van der Waals surface area contributed by atoms with E-state index in [9.17, 15) is 4.79 Å². The molecule has 0 aliphatic carbocycles. The Bertz CT molecular complexity index is 646. The Balaban J connectivity index is 0.00000450. The average Bonchev–Trinajstić information content (AvgIpc) is 2.75. The van der Waals surface area contributed by atoms with Gasteiger partial charge in [0.05, 0.1) is 13.2 Å². The van der Waals surface area contributed by atoms with Crippen molar-refractivity contribution in [2.24, 2.45) is 4.99 Å². The number of guanidine groups is 1. The summed E-state index contributed by atoms with van der Waals surface area (Å²) in [5, 5.41) is 6.70. The number of hydrogen-bond donors (Lipinski definition) is 2. The minimum atomic E-state index is -0.0217. The molecular weight excluding hydrogens is 495 g/mol. The smallest absolute Gasteiger partial charge is 0.243 e. The normalized spacial score (nSPS) is 17.5. The Hall–Kier alpha value is -1.55. The second-order valence-electron chi connectivity index (χ2n) is 7.71. The fraction of sp³-hybridized carbons (Fsp3) is 0.636. The van der Waals surface area contributed by atoms with E-state index in [0.717, 1.165) is 38.2 Å². The number of nitrogens with zero attached hydrogens (tertiary/aromatic N) is 2. The molecule has 0 spiro atoms. The van der Waals surface area contributed by atoms with Gasteiger partial charge in [0.15, 0.2) is 5.96 Å². The van der Waals surface area contributed by atoms with E-state index in [-0.39, 0.29) is 42.5 Å². The van der Waals surface area contributed by atoms with Crippen LogP contribution in [-0.2, 0) is 9.53 Å². The fourth-order valence-corrected chi connectivity index (χ4v) is 3.15.